The molecule has 0 unspecified atom stereocenters. The van der Waals surface area contributed by atoms with Gasteiger partial charge < -0.3 is 29.9 Å². The van der Waals surface area contributed by atoms with Gasteiger partial charge in [-0.3, -0.25) is 0 Å². The quantitative estimate of drug-likeness (QED) is 0.473. The number of hydrogen-bond donors (Lipinski definition) is 4. The van der Waals surface area contributed by atoms with Crippen molar-refractivity contribution in [1.29, 1.82) is 0 Å². The molecule has 2 rings (SSSR count). The van der Waals surface area contributed by atoms with E-state index in [1.54, 1.807) is 0 Å². The third-order valence-corrected chi connectivity index (χ3v) is 4.03. The lowest BCUT2D eigenvalue weighted by molar-refractivity contribution is -0.177. The average molecular weight is 362 g/mol. The minimum atomic E-state index is -1.26. The van der Waals surface area contributed by atoms with Crippen molar-refractivity contribution in [3.8, 4) is 0 Å². The molecule has 0 fully saturated rings. The highest BCUT2D eigenvalue weighted by Crippen LogP contribution is 2.18. The van der Waals surface area contributed by atoms with Crippen LogP contribution in [0.4, 0.5) is 0 Å². The summed E-state index contributed by atoms with van der Waals surface area (Å²) in [5.74, 6) is 0. The molecule has 0 aliphatic heterocycles. The molecular formula is C20H26O6. The van der Waals surface area contributed by atoms with Crippen LogP contribution in [0.15, 0.2) is 60.7 Å². The lowest BCUT2D eigenvalue weighted by atomic mass is 10.0. The number of hydrogen-bond acceptors (Lipinski definition) is 6. The molecule has 0 saturated carbocycles. The van der Waals surface area contributed by atoms with Gasteiger partial charge in [0, 0.05) is 0 Å². The Morgan fingerprint density at radius 2 is 0.962 bits per heavy atom. The van der Waals surface area contributed by atoms with Crippen molar-refractivity contribution in [2.75, 3.05) is 13.2 Å². The average Bonchev–Trinajstić information content (AvgIpc) is 2.70. The van der Waals surface area contributed by atoms with E-state index in [0.29, 0.717) is 0 Å². The van der Waals surface area contributed by atoms with E-state index in [9.17, 15) is 20.4 Å². The van der Waals surface area contributed by atoms with Crippen molar-refractivity contribution in [3.05, 3.63) is 71.8 Å². The van der Waals surface area contributed by atoms with Crippen LogP contribution in [0, 0.1) is 0 Å². The lowest BCUT2D eigenvalue weighted by Gasteiger charge is -2.32. The summed E-state index contributed by atoms with van der Waals surface area (Å²) in [6, 6.07) is 18.7. The Kier molecular flexibility index (Phi) is 8.70. The Morgan fingerprint density at radius 1 is 0.615 bits per heavy atom. The summed E-state index contributed by atoms with van der Waals surface area (Å²) in [5.41, 5.74) is 1.76. The third kappa shape index (κ3) is 6.17. The van der Waals surface area contributed by atoms with E-state index in [4.69, 9.17) is 9.47 Å². The van der Waals surface area contributed by atoms with Crippen molar-refractivity contribution in [1.82, 2.24) is 0 Å². The summed E-state index contributed by atoms with van der Waals surface area (Å²) >= 11 is 0. The van der Waals surface area contributed by atoms with Gasteiger partial charge in [0.1, 0.15) is 24.4 Å². The third-order valence-electron chi connectivity index (χ3n) is 4.03. The minimum Gasteiger partial charge on any atom is -0.394 e. The van der Waals surface area contributed by atoms with Gasteiger partial charge in [-0.2, -0.15) is 0 Å². The zero-order valence-corrected chi connectivity index (χ0v) is 14.5. The Bertz CT molecular complexity index is 551. The first-order valence-electron chi connectivity index (χ1n) is 8.54. The predicted octanol–water partition coefficient (Wildman–Crippen LogP) is 0.864. The monoisotopic (exact) mass is 362 g/mol. The summed E-state index contributed by atoms with van der Waals surface area (Å²) in [6.07, 6.45) is -4.54. The lowest BCUT2D eigenvalue weighted by Crippen LogP contribution is -2.50. The van der Waals surface area contributed by atoms with Crippen LogP contribution in [0.25, 0.3) is 0 Å². The smallest absolute Gasteiger partial charge is 0.115 e. The van der Waals surface area contributed by atoms with Crippen molar-refractivity contribution in [2.45, 2.75) is 37.6 Å². The maximum atomic E-state index is 10.2. The molecule has 4 N–H and O–H groups in total. The highest BCUT2D eigenvalue weighted by molar-refractivity contribution is 5.14. The molecule has 0 amide bonds. The van der Waals surface area contributed by atoms with Crippen molar-refractivity contribution in [3.63, 3.8) is 0 Å². The fourth-order valence-electron chi connectivity index (χ4n) is 2.59. The molecule has 0 bridgehead atoms. The Hall–Kier alpha value is -1.80. The van der Waals surface area contributed by atoms with Gasteiger partial charge in [0.25, 0.3) is 0 Å². The molecule has 26 heavy (non-hydrogen) atoms. The topological polar surface area (TPSA) is 99.4 Å². The molecule has 0 spiro atoms. The zero-order valence-electron chi connectivity index (χ0n) is 14.5. The molecule has 4 atom stereocenters. The van der Waals surface area contributed by atoms with E-state index >= 15 is 0 Å². The summed E-state index contributed by atoms with van der Waals surface area (Å²) in [5, 5.41) is 39.0. The summed E-state index contributed by atoms with van der Waals surface area (Å²) in [7, 11) is 0. The largest absolute Gasteiger partial charge is 0.394 e. The second-order valence-electron chi connectivity index (χ2n) is 6.02. The highest BCUT2D eigenvalue weighted by Gasteiger charge is 2.35. The van der Waals surface area contributed by atoms with E-state index in [0.717, 1.165) is 11.1 Å². The summed E-state index contributed by atoms with van der Waals surface area (Å²) in [6.45, 7) is -0.760. The van der Waals surface area contributed by atoms with Gasteiger partial charge >= 0.3 is 0 Å². The van der Waals surface area contributed by atoms with Crippen LogP contribution in [-0.4, -0.2) is 58.1 Å². The summed E-state index contributed by atoms with van der Waals surface area (Å²) < 4.78 is 11.5. The fraction of sp³-hybridized carbons (Fsp3) is 0.400. The normalized spacial score (nSPS) is 16.0. The van der Waals surface area contributed by atoms with Crippen LogP contribution in [0.5, 0.6) is 0 Å². The molecule has 6 nitrogen and oxygen atoms in total. The Morgan fingerprint density at radius 3 is 1.27 bits per heavy atom. The first-order valence-corrected chi connectivity index (χ1v) is 8.54. The van der Waals surface area contributed by atoms with Gasteiger partial charge in [0.2, 0.25) is 0 Å². The first kappa shape index (κ1) is 20.5. The fourth-order valence-corrected chi connectivity index (χ4v) is 2.59. The summed E-state index contributed by atoms with van der Waals surface area (Å²) in [4.78, 5) is 0. The first-order chi connectivity index (χ1) is 12.7. The van der Waals surface area contributed by atoms with Gasteiger partial charge in [-0.25, -0.2) is 0 Å². The Labute approximate surface area is 153 Å². The molecule has 0 heterocycles. The van der Waals surface area contributed by atoms with Crippen molar-refractivity contribution >= 4 is 0 Å². The van der Waals surface area contributed by atoms with Crippen LogP contribution < -0.4 is 0 Å². The van der Waals surface area contributed by atoms with Crippen LogP contribution >= 0.6 is 0 Å². The highest BCUT2D eigenvalue weighted by atomic mass is 16.6. The molecular weight excluding hydrogens is 336 g/mol. The van der Waals surface area contributed by atoms with Gasteiger partial charge in [-0.15, -0.1) is 0 Å². The Balaban J connectivity index is 2.09. The van der Waals surface area contributed by atoms with Crippen LogP contribution in [0.1, 0.15) is 11.1 Å². The predicted molar refractivity (Wildman–Crippen MR) is 96.2 cm³/mol. The van der Waals surface area contributed by atoms with E-state index < -0.39 is 37.6 Å². The van der Waals surface area contributed by atoms with E-state index in [1.165, 1.54) is 0 Å². The van der Waals surface area contributed by atoms with Crippen LogP contribution in [0.2, 0.25) is 0 Å². The van der Waals surface area contributed by atoms with E-state index in [-0.39, 0.29) is 13.2 Å². The molecule has 142 valence electrons. The molecule has 0 aromatic heterocycles. The van der Waals surface area contributed by atoms with Crippen LogP contribution in [0.3, 0.4) is 0 Å². The molecule has 6 heteroatoms. The van der Waals surface area contributed by atoms with Crippen LogP contribution in [-0.2, 0) is 22.7 Å². The molecule has 2 aromatic rings. The number of aliphatic hydroxyl groups excluding tert-OH is 4. The van der Waals surface area contributed by atoms with Gasteiger partial charge in [-0.1, -0.05) is 60.7 Å². The van der Waals surface area contributed by atoms with Crippen molar-refractivity contribution < 1.29 is 29.9 Å². The number of benzene rings is 2. The number of aliphatic hydroxyl groups is 4. The number of ether oxygens (including phenoxy) is 2. The second kappa shape index (κ2) is 11.0. The minimum absolute atomic E-state index is 0.173. The SMILES string of the molecule is OC[C@@H](O)[C@H](OCc1ccccc1)[C@@H](OCc1ccccc1)[C@H](O)CO. The maximum Gasteiger partial charge on any atom is 0.115 e. The molecule has 2 aromatic carbocycles. The molecule has 0 aliphatic rings. The second-order valence-corrected chi connectivity index (χ2v) is 6.02. The molecule has 0 saturated heterocycles. The molecule has 0 radical (unpaired) electrons. The van der Waals surface area contributed by atoms with Gasteiger partial charge in [0.15, 0.2) is 0 Å². The molecule has 0 aliphatic carbocycles. The van der Waals surface area contributed by atoms with Crippen molar-refractivity contribution in [2.24, 2.45) is 0 Å². The zero-order chi connectivity index (χ0) is 18.8. The van der Waals surface area contributed by atoms with Gasteiger partial charge in [-0.05, 0) is 11.1 Å². The maximum absolute atomic E-state index is 10.2. The van der Waals surface area contributed by atoms with E-state index in [2.05, 4.69) is 0 Å². The van der Waals surface area contributed by atoms with Gasteiger partial charge in [0.05, 0.1) is 26.4 Å². The van der Waals surface area contributed by atoms with E-state index in [1.807, 2.05) is 60.7 Å². The standard InChI is InChI=1S/C20H26O6/c21-11-17(23)19(25-13-15-7-3-1-4-8-15)20(18(24)12-22)26-14-16-9-5-2-6-10-16/h1-10,17-24H,11-14H2/t17-,18-,19+,20+/m1/s1. The number of rotatable bonds is 11.